The van der Waals surface area contributed by atoms with E-state index in [4.69, 9.17) is 18.9 Å². The van der Waals surface area contributed by atoms with Crippen molar-refractivity contribution in [3.05, 3.63) is 12.7 Å². The second-order valence-corrected chi connectivity index (χ2v) is 4.01. The van der Waals surface area contributed by atoms with Crippen LogP contribution in [0.5, 0.6) is 0 Å². The largest absolute Gasteiger partial charge is 0.375 e. The van der Waals surface area contributed by atoms with Crippen molar-refractivity contribution in [1.82, 2.24) is 0 Å². The molecule has 0 amide bonds. The van der Waals surface area contributed by atoms with Gasteiger partial charge in [-0.2, -0.15) is 0 Å². The minimum absolute atomic E-state index is 0.126. The summed E-state index contributed by atoms with van der Waals surface area (Å²) in [5.74, 6) is -0.585. The van der Waals surface area contributed by atoms with Crippen LogP contribution in [0.25, 0.3) is 0 Å². The van der Waals surface area contributed by atoms with Gasteiger partial charge in [-0.15, -0.1) is 6.58 Å². The molecule has 0 N–H and O–H groups in total. The minimum Gasteiger partial charge on any atom is -0.375 e. The zero-order valence-corrected chi connectivity index (χ0v) is 8.73. The average molecular weight is 200 g/mol. The first kappa shape index (κ1) is 10.1. The van der Waals surface area contributed by atoms with Crippen molar-refractivity contribution in [2.45, 2.75) is 44.2 Å². The fraction of sp³-hybridized carbons (Fsp3) is 0.800. The van der Waals surface area contributed by atoms with Crippen LogP contribution in [0.2, 0.25) is 0 Å². The van der Waals surface area contributed by atoms with Gasteiger partial charge in [-0.25, -0.2) is 0 Å². The van der Waals surface area contributed by atoms with Crippen LogP contribution in [0, 0.1) is 0 Å². The molecule has 2 rings (SSSR count). The van der Waals surface area contributed by atoms with E-state index in [2.05, 4.69) is 6.58 Å². The molecule has 1 unspecified atom stereocenters. The standard InChI is InChI=1S/C10H16O4/c1-5-6-7(11-4)8-9(12-6)14-10(2,3)13-8/h5-9H,1H2,2-4H3/t6?,7-,8+,9+/m0/s1. The summed E-state index contributed by atoms with van der Waals surface area (Å²) in [5, 5.41) is 0. The maximum absolute atomic E-state index is 5.69. The summed E-state index contributed by atoms with van der Waals surface area (Å²) in [5.41, 5.74) is 0. The lowest BCUT2D eigenvalue weighted by Gasteiger charge is -2.23. The van der Waals surface area contributed by atoms with Gasteiger partial charge in [0.15, 0.2) is 12.1 Å². The molecule has 4 heteroatoms. The predicted molar refractivity (Wildman–Crippen MR) is 49.7 cm³/mol. The maximum Gasteiger partial charge on any atom is 0.190 e. The van der Waals surface area contributed by atoms with E-state index in [0.29, 0.717) is 0 Å². The lowest BCUT2D eigenvalue weighted by Crippen LogP contribution is -2.35. The second kappa shape index (κ2) is 3.31. The Balaban J connectivity index is 2.13. The molecule has 0 aromatic heterocycles. The number of methoxy groups -OCH3 is 1. The molecule has 2 fully saturated rings. The molecule has 2 heterocycles. The molecule has 80 valence electrons. The van der Waals surface area contributed by atoms with Gasteiger partial charge in [-0.3, -0.25) is 0 Å². The molecule has 0 spiro atoms. The highest BCUT2D eigenvalue weighted by Gasteiger charge is 2.54. The number of rotatable bonds is 2. The Labute approximate surface area is 83.8 Å². The third-order valence-electron chi connectivity index (χ3n) is 2.53. The summed E-state index contributed by atoms with van der Waals surface area (Å²) in [4.78, 5) is 0. The van der Waals surface area contributed by atoms with Crippen molar-refractivity contribution in [3.8, 4) is 0 Å². The van der Waals surface area contributed by atoms with Gasteiger partial charge in [0.25, 0.3) is 0 Å². The monoisotopic (exact) mass is 200 g/mol. The number of fused-ring (bicyclic) bond motifs is 1. The highest BCUT2D eigenvalue weighted by Crippen LogP contribution is 2.38. The molecule has 2 saturated heterocycles. The highest BCUT2D eigenvalue weighted by atomic mass is 16.8. The minimum atomic E-state index is -0.585. The number of ether oxygens (including phenoxy) is 4. The zero-order chi connectivity index (χ0) is 10.3. The van der Waals surface area contributed by atoms with Crippen molar-refractivity contribution in [2.75, 3.05) is 7.11 Å². The van der Waals surface area contributed by atoms with E-state index in [1.807, 2.05) is 13.8 Å². The van der Waals surface area contributed by atoms with Crippen LogP contribution in [0.1, 0.15) is 13.8 Å². The van der Waals surface area contributed by atoms with Crippen LogP contribution in [0.3, 0.4) is 0 Å². The molecule has 0 bridgehead atoms. The molecule has 0 radical (unpaired) electrons. The van der Waals surface area contributed by atoms with Crippen molar-refractivity contribution in [2.24, 2.45) is 0 Å². The van der Waals surface area contributed by atoms with Crippen LogP contribution in [-0.4, -0.2) is 37.5 Å². The zero-order valence-electron chi connectivity index (χ0n) is 8.73. The van der Waals surface area contributed by atoms with Gasteiger partial charge in [-0.1, -0.05) is 6.08 Å². The van der Waals surface area contributed by atoms with Crippen LogP contribution in [-0.2, 0) is 18.9 Å². The topological polar surface area (TPSA) is 36.9 Å². The molecular formula is C10H16O4. The Bertz CT molecular complexity index is 238. The molecule has 0 saturated carbocycles. The molecule has 4 atom stereocenters. The lowest BCUT2D eigenvalue weighted by molar-refractivity contribution is -0.210. The number of hydrogen-bond donors (Lipinski definition) is 0. The van der Waals surface area contributed by atoms with Crippen molar-refractivity contribution in [1.29, 1.82) is 0 Å². The van der Waals surface area contributed by atoms with E-state index < -0.39 is 5.79 Å². The highest BCUT2D eigenvalue weighted by molar-refractivity contribution is 5.00. The Hall–Kier alpha value is -0.420. The first-order chi connectivity index (χ1) is 6.57. The second-order valence-electron chi connectivity index (χ2n) is 4.01. The third-order valence-corrected chi connectivity index (χ3v) is 2.53. The van der Waals surface area contributed by atoms with E-state index in [-0.39, 0.29) is 24.6 Å². The third kappa shape index (κ3) is 1.48. The maximum atomic E-state index is 5.69. The van der Waals surface area contributed by atoms with Crippen LogP contribution in [0.4, 0.5) is 0 Å². The van der Waals surface area contributed by atoms with Crippen LogP contribution < -0.4 is 0 Å². The van der Waals surface area contributed by atoms with E-state index >= 15 is 0 Å². The summed E-state index contributed by atoms with van der Waals surface area (Å²) < 4.78 is 22.2. The lowest BCUT2D eigenvalue weighted by atomic mass is 10.1. The van der Waals surface area contributed by atoms with Gasteiger partial charge in [0.1, 0.15) is 18.3 Å². The Morgan fingerprint density at radius 1 is 1.36 bits per heavy atom. The van der Waals surface area contributed by atoms with Crippen LogP contribution >= 0.6 is 0 Å². The molecule has 14 heavy (non-hydrogen) atoms. The van der Waals surface area contributed by atoms with Crippen molar-refractivity contribution >= 4 is 0 Å². The summed E-state index contributed by atoms with van der Waals surface area (Å²) in [6.07, 6.45) is 0.952. The smallest absolute Gasteiger partial charge is 0.190 e. The Kier molecular flexibility index (Phi) is 2.39. The van der Waals surface area contributed by atoms with Crippen molar-refractivity contribution < 1.29 is 18.9 Å². The van der Waals surface area contributed by atoms with Gasteiger partial charge in [0, 0.05) is 7.11 Å². The summed E-state index contributed by atoms with van der Waals surface area (Å²) in [7, 11) is 1.64. The summed E-state index contributed by atoms with van der Waals surface area (Å²) in [6, 6.07) is 0. The fourth-order valence-electron chi connectivity index (χ4n) is 1.96. The van der Waals surface area contributed by atoms with Crippen LogP contribution in [0.15, 0.2) is 12.7 Å². The average Bonchev–Trinajstić information content (AvgIpc) is 2.55. The Morgan fingerprint density at radius 3 is 2.64 bits per heavy atom. The fourth-order valence-corrected chi connectivity index (χ4v) is 1.96. The van der Waals surface area contributed by atoms with Gasteiger partial charge >= 0.3 is 0 Å². The molecule has 0 aliphatic carbocycles. The van der Waals surface area contributed by atoms with Gasteiger partial charge in [0.2, 0.25) is 0 Å². The van der Waals surface area contributed by atoms with Crippen molar-refractivity contribution in [3.63, 3.8) is 0 Å². The van der Waals surface area contributed by atoms with Gasteiger partial charge in [0.05, 0.1) is 0 Å². The molecule has 2 aliphatic heterocycles. The normalized spacial score (nSPS) is 45.1. The summed E-state index contributed by atoms with van der Waals surface area (Å²) in [6.45, 7) is 7.42. The first-order valence-electron chi connectivity index (χ1n) is 4.74. The predicted octanol–water partition coefficient (Wildman–Crippen LogP) is 1.06. The molecular weight excluding hydrogens is 184 g/mol. The van der Waals surface area contributed by atoms with E-state index in [0.717, 1.165) is 0 Å². The molecule has 0 aromatic carbocycles. The number of hydrogen-bond acceptors (Lipinski definition) is 4. The molecule has 4 nitrogen and oxygen atoms in total. The SMILES string of the molecule is C=CC1O[C@@H]2OC(C)(C)O[C@@H]2[C@H]1OC. The molecule has 2 aliphatic rings. The molecule has 0 aromatic rings. The van der Waals surface area contributed by atoms with Gasteiger partial charge < -0.3 is 18.9 Å². The summed E-state index contributed by atoms with van der Waals surface area (Å²) >= 11 is 0. The van der Waals surface area contributed by atoms with E-state index in [9.17, 15) is 0 Å². The first-order valence-corrected chi connectivity index (χ1v) is 4.74. The quantitative estimate of drug-likeness (QED) is 0.625. The van der Waals surface area contributed by atoms with E-state index in [1.54, 1.807) is 13.2 Å². The van der Waals surface area contributed by atoms with Gasteiger partial charge in [-0.05, 0) is 13.8 Å². The Morgan fingerprint density at radius 2 is 2.07 bits per heavy atom. The van der Waals surface area contributed by atoms with E-state index in [1.165, 1.54) is 0 Å².